The fraction of sp³-hybridized carbons (Fsp3) is 0.500. The molecular weight excluding hydrogens is 422 g/mol. The van der Waals surface area contributed by atoms with Gasteiger partial charge in [-0.25, -0.2) is 23.1 Å². The second-order valence-electron chi connectivity index (χ2n) is 7.61. The van der Waals surface area contributed by atoms with E-state index in [1.54, 1.807) is 36.7 Å². The lowest BCUT2D eigenvalue weighted by molar-refractivity contribution is -0.0201. The van der Waals surface area contributed by atoms with E-state index in [9.17, 15) is 18.6 Å². The highest BCUT2D eigenvalue weighted by Gasteiger charge is 2.47. The summed E-state index contributed by atoms with van der Waals surface area (Å²) in [5.41, 5.74) is 0. The molecule has 0 bridgehead atoms. The number of benzene rings is 1. The van der Waals surface area contributed by atoms with Crippen molar-refractivity contribution in [2.24, 2.45) is 0 Å². The summed E-state index contributed by atoms with van der Waals surface area (Å²) >= 11 is 0. The van der Waals surface area contributed by atoms with Crippen LogP contribution in [0.4, 0.5) is 5.95 Å². The van der Waals surface area contributed by atoms with Gasteiger partial charge in [-0.3, -0.25) is 4.90 Å². The molecule has 2 aromatic rings. The highest BCUT2D eigenvalue weighted by Crippen LogP contribution is 2.27. The molecule has 0 saturated carbocycles. The molecule has 0 radical (unpaired) electrons. The number of ether oxygens (including phenoxy) is 1. The molecule has 0 spiro atoms. The summed E-state index contributed by atoms with van der Waals surface area (Å²) in [7, 11) is -3.71. The molecule has 0 amide bonds. The van der Waals surface area contributed by atoms with Crippen molar-refractivity contribution in [1.82, 2.24) is 19.6 Å². The second kappa shape index (κ2) is 9.55. The highest BCUT2D eigenvalue weighted by molar-refractivity contribution is 7.89. The van der Waals surface area contributed by atoms with Crippen LogP contribution in [0.2, 0.25) is 0 Å². The summed E-state index contributed by atoms with van der Waals surface area (Å²) in [4.78, 5) is 12.9. The quantitative estimate of drug-likeness (QED) is 0.491. The van der Waals surface area contributed by atoms with Crippen molar-refractivity contribution in [2.75, 3.05) is 44.2 Å². The van der Waals surface area contributed by atoms with Gasteiger partial charge >= 0.3 is 0 Å². The Balaban J connectivity index is 1.42. The van der Waals surface area contributed by atoms with E-state index in [1.807, 2.05) is 0 Å². The van der Waals surface area contributed by atoms with E-state index >= 15 is 0 Å². The first kappa shape index (κ1) is 22.1. The molecule has 3 heterocycles. The van der Waals surface area contributed by atoms with E-state index in [2.05, 4.69) is 24.5 Å². The molecule has 4 rings (SSSR count). The molecule has 1 aromatic heterocycles. The van der Waals surface area contributed by atoms with Crippen molar-refractivity contribution in [3.63, 3.8) is 0 Å². The lowest BCUT2D eigenvalue weighted by atomic mass is 10.0. The average Bonchev–Trinajstić information content (AvgIpc) is 3.14. The monoisotopic (exact) mass is 449 g/mol. The summed E-state index contributed by atoms with van der Waals surface area (Å²) in [5.74, 6) is 0.658. The maximum atomic E-state index is 12.6. The van der Waals surface area contributed by atoms with Crippen molar-refractivity contribution < 1.29 is 23.4 Å². The molecule has 11 heteroatoms. The molecule has 0 unspecified atom stereocenters. The summed E-state index contributed by atoms with van der Waals surface area (Å²) in [6.45, 7) is 2.25. The minimum Gasteiger partial charge on any atom is -0.394 e. The molecule has 4 atom stereocenters. The predicted octanol–water partition coefficient (Wildman–Crippen LogP) is -0.934. The number of rotatable bonds is 7. The third-order valence-electron chi connectivity index (χ3n) is 5.74. The average molecular weight is 450 g/mol. The van der Waals surface area contributed by atoms with Crippen LogP contribution in [-0.4, -0.2) is 97.2 Å². The van der Waals surface area contributed by atoms with Crippen LogP contribution in [0.3, 0.4) is 0 Å². The van der Waals surface area contributed by atoms with Crippen molar-refractivity contribution in [1.29, 1.82) is 0 Å². The number of sulfonamides is 1. The van der Waals surface area contributed by atoms with Gasteiger partial charge in [0.15, 0.2) is 0 Å². The van der Waals surface area contributed by atoms with Crippen LogP contribution < -0.4 is 9.62 Å². The van der Waals surface area contributed by atoms with Gasteiger partial charge < -0.3 is 19.8 Å². The molecule has 10 nitrogen and oxygen atoms in total. The Morgan fingerprint density at radius 3 is 2.35 bits per heavy atom. The van der Waals surface area contributed by atoms with E-state index in [4.69, 9.17) is 4.74 Å². The van der Waals surface area contributed by atoms with Crippen LogP contribution in [0.25, 0.3) is 0 Å². The lowest BCUT2D eigenvalue weighted by Gasteiger charge is -2.40. The van der Waals surface area contributed by atoms with Crippen molar-refractivity contribution in [3.05, 3.63) is 48.8 Å². The van der Waals surface area contributed by atoms with Gasteiger partial charge in [0.1, 0.15) is 12.2 Å². The Labute approximate surface area is 181 Å². The van der Waals surface area contributed by atoms with E-state index in [-0.39, 0.29) is 18.0 Å². The maximum Gasteiger partial charge on any atom is 0.240 e. The minimum atomic E-state index is -3.71. The Bertz CT molecular complexity index is 941. The smallest absolute Gasteiger partial charge is 0.240 e. The summed E-state index contributed by atoms with van der Waals surface area (Å²) in [6.07, 6.45) is 1.13. The van der Waals surface area contributed by atoms with Crippen molar-refractivity contribution in [3.8, 4) is 0 Å². The number of aromatic nitrogens is 2. The van der Waals surface area contributed by atoms with Crippen LogP contribution in [0.15, 0.2) is 53.7 Å². The second-order valence-corrected chi connectivity index (χ2v) is 9.38. The fourth-order valence-electron chi connectivity index (χ4n) is 4.15. The van der Waals surface area contributed by atoms with E-state index < -0.39 is 34.4 Å². The SMILES string of the molecule is O=S(=O)(NC[C@@H]1O[C@@H](CO)[C@@H](O)[C@H]1N1CCN(c2ncccn2)CC1)c1ccccc1. The van der Waals surface area contributed by atoms with Gasteiger partial charge in [-0.1, -0.05) is 18.2 Å². The van der Waals surface area contributed by atoms with Crippen molar-refractivity contribution in [2.45, 2.75) is 29.2 Å². The number of nitrogens with zero attached hydrogens (tertiary/aromatic N) is 4. The number of hydrogen-bond donors (Lipinski definition) is 3. The molecule has 1 aromatic carbocycles. The Kier molecular flexibility index (Phi) is 6.80. The minimum absolute atomic E-state index is 0.00251. The first-order valence-corrected chi connectivity index (χ1v) is 11.7. The van der Waals surface area contributed by atoms with Gasteiger partial charge in [-0.05, 0) is 18.2 Å². The fourth-order valence-corrected chi connectivity index (χ4v) is 5.21. The van der Waals surface area contributed by atoms with Crippen LogP contribution in [0, 0.1) is 0 Å². The zero-order valence-corrected chi connectivity index (χ0v) is 17.8. The molecule has 0 aliphatic carbocycles. The van der Waals surface area contributed by atoms with Gasteiger partial charge in [-0.2, -0.15) is 0 Å². The molecule has 168 valence electrons. The molecule has 2 fully saturated rings. The number of aliphatic hydroxyl groups excluding tert-OH is 2. The molecule has 3 N–H and O–H groups in total. The normalized spacial score (nSPS) is 27.5. The lowest BCUT2D eigenvalue weighted by Crippen LogP contribution is -2.57. The van der Waals surface area contributed by atoms with Crippen LogP contribution in [-0.2, 0) is 14.8 Å². The molecule has 2 aliphatic rings. The summed E-state index contributed by atoms with van der Waals surface area (Å²) in [6, 6.07) is 9.43. The van der Waals surface area contributed by atoms with Gasteiger partial charge in [0.2, 0.25) is 16.0 Å². The molecule has 2 saturated heterocycles. The Hall–Kier alpha value is -2.15. The number of nitrogens with one attached hydrogen (secondary N) is 1. The van der Waals surface area contributed by atoms with E-state index in [0.717, 1.165) is 0 Å². The first-order valence-electron chi connectivity index (χ1n) is 10.2. The van der Waals surface area contributed by atoms with E-state index in [0.29, 0.717) is 32.1 Å². The van der Waals surface area contributed by atoms with Gasteiger partial charge in [0.25, 0.3) is 0 Å². The van der Waals surface area contributed by atoms with Gasteiger partial charge in [0.05, 0.1) is 23.6 Å². The molecule has 31 heavy (non-hydrogen) atoms. The number of aliphatic hydroxyl groups is 2. The summed E-state index contributed by atoms with van der Waals surface area (Å²) in [5, 5.41) is 20.4. The third-order valence-corrected chi connectivity index (χ3v) is 7.18. The first-order chi connectivity index (χ1) is 15.0. The van der Waals surface area contributed by atoms with E-state index in [1.165, 1.54) is 12.1 Å². The Morgan fingerprint density at radius 2 is 1.71 bits per heavy atom. The maximum absolute atomic E-state index is 12.6. The topological polar surface area (TPSA) is 128 Å². The molecular formula is C20H27N5O5S. The van der Waals surface area contributed by atoms with Gasteiger partial charge in [-0.15, -0.1) is 0 Å². The Morgan fingerprint density at radius 1 is 1.03 bits per heavy atom. The summed E-state index contributed by atoms with van der Waals surface area (Å²) < 4.78 is 33.6. The van der Waals surface area contributed by atoms with Crippen LogP contribution in [0.5, 0.6) is 0 Å². The number of piperazine rings is 1. The zero-order chi connectivity index (χ0) is 21.8. The largest absolute Gasteiger partial charge is 0.394 e. The third kappa shape index (κ3) is 4.86. The van der Waals surface area contributed by atoms with Gasteiger partial charge in [0, 0.05) is 45.1 Å². The highest BCUT2D eigenvalue weighted by atomic mass is 32.2. The standard InChI is InChI=1S/C20H27N5O5S/c26-14-17-19(27)18(24-9-11-25(12-10-24)20-21-7-4-8-22-20)16(30-17)13-23-31(28,29)15-5-2-1-3-6-15/h1-8,16-19,23,26-27H,9-14H2/t16-,17-,18-,19+/m0/s1. The van der Waals surface area contributed by atoms with Crippen molar-refractivity contribution >= 4 is 16.0 Å². The van der Waals surface area contributed by atoms with Crippen LogP contribution >= 0.6 is 0 Å². The zero-order valence-electron chi connectivity index (χ0n) is 17.0. The van der Waals surface area contributed by atoms with Crippen LogP contribution in [0.1, 0.15) is 0 Å². The number of anilines is 1. The predicted molar refractivity (Wildman–Crippen MR) is 113 cm³/mol. The number of hydrogen-bond acceptors (Lipinski definition) is 9. The molecule has 2 aliphatic heterocycles.